The smallest absolute Gasteiger partial charge is 0.105 e. The van der Waals surface area contributed by atoms with Gasteiger partial charge in [0.2, 0.25) is 0 Å². The van der Waals surface area contributed by atoms with Crippen molar-refractivity contribution in [2.75, 3.05) is 13.2 Å². The first-order valence-electron chi connectivity index (χ1n) is 8.65. The Hall–Kier alpha value is -0.800. The van der Waals surface area contributed by atoms with Crippen LogP contribution in [0.4, 0.5) is 0 Å². The van der Waals surface area contributed by atoms with Crippen LogP contribution < -0.4 is 5.32 Å². The zero-order valence-corrected chi connectivity index (χ0v) is 13.5. The van der Waals surface area contributed by atoms with Gasteiger partial charge in [-0.2, -0.15) is 0 Å². The average molecular weight is 291 g/mol. The topological polar surface area (TPSA) is 34.4 Å². The molecule has 118 valence electrons. The summed E-state index contributed by atoms with van der Waals surface area (Å²) in [6, 6.07) is 2.57. The van der Waals surface area contributed by atoms with E-state index in [4.69, 9.17) is 9.15 Å². The lowest BCUT2D eigenvalue weighted by Crippen LogP contribution is -2.42. The number of aryl methyl sites for hydroxylation is 1. The molecule has 1 spiro atoms. The lowest BCUT2D eigenvalue weighted by molar-refractivity contribution is -0.0982. The Morgan fingerprint density at radius 1 is 1.38 bits per heavy atom. The fourth-order valence-corrected chi connectivity index (χ4v) is 4.27. The summed E-state index contributed by atoms with van der Waals surface area (Å²) in [5, 5.41) is 3.77. The quantitative estimate of drug-likeness (QED) is 0.875. The van der Waals surface area contributed by atoms with Gasteiger partial charge in [0, 0.05) is 18.2 Å². The van der Waals surface area contributed by atoms with Crippen molar-refractivity contribution in [1.29, 1.82) is 0 Å². The fraction of sp³-hybridized carbons (Fsp3) is 0.778. The van der Waals surface area contributed by atoms with Crippen LogP contribution in [0.2, 0.25) is 0 Å². The van der Waals surface area contributed by atoms with Gasteiger partial charge in [-0.05, 0) is 57.6 Å². The number of furan rings is 1. The van der Waals surface area contributed by atoms with E-state index in [-0.39, 0.29) is 5.60 Å². The number of hydrogen-bond acceptors (Lipinski definition) is 3. The van der Waals surface area contributed by atoms with Crippen LogP contribution in [0.25, 0.3) is 0 Å². The standard InChI is InChI=1S/C18H29NO2/c1-3-10-19-17(16-7-11-20-14(16)2)15-6-12-21-18(13-15)8-4-5-9-18/h7,11,15,17,19H,3-6,8-10,12-13H2,1-2H3. The maximum atomic E-state index is 6.21. The van der Waals surface area contributed by atoms with Crippen LogP contribution >= 0.6 is 0 Å². The van der Waals surface area contributed by atoms with Crippen molar-refractivity contribution in [3.63, 3.8) is 0 Å². The van der Waals surface area contributed by atoms with Crippen LogP contribution in [0.3, 0.4) is 0 Å². The molecule has 2 heterocycles. The molecule has 1 aliphatic carbocycles. The van der Waals surface area contributed by atoms with Gasteiger partial charge < -0.3 is 14.5 Å². The van der Waals surface area contributed by atoms with Crippen LogP contribution in [0.1, 0.15) is 69.2 Å². The first-order chi connectivity index (χ1) is 10.2. The molecule has 21 heavy (non-hydrogen) atoms. The van der Waals surface area contributed by atoms with Crippen molar-refractivity contribution in [3.05, 3.63) is 23.7 Å². The van der Waals surface area contributed by atoms with Crippen LogP contribution in [-0.4, -0.2) is 18.8 Å². The highest BCUT2D eigenvalue weighted by Gasteiger charge is 2.42. The van der Waals surface area contributed by atoms with Crippen molar-refractivity contribution < 1.29 is 9.15 Å². The molecule has 1 N–H and O–H groups in total. The van der Waals surface area contributed by atoms with E-state index in [2.05, 4.69) is 25.2 Å². The lowest BCUT2D eigenvalue weighted by Gasteiger charge is -2.41. The normalized spacial score (nSPS) is 26.3. The second-order valence-corrected chi connectivity index (χ2v) is 6.86. The summed E-state index contributed by atoms with van der Waals surface area (Å²) in [5.41, 5.74) is 1.54. The second kappa shape index (κ2) is 6.53. The number of hydrogen-bond donors (Lipinski definition) is 1. The number of rotatable bonds is 5. The molecule has 0 bridgehead atoms. The second-order valence-electron chi connectivity index (χ2n) is 6.86. The molecular formula is C18H29NO2. The van der Waals surface area contributed by atoms with Gasteiger partial charge >= 0.3 is 0 Å². The first-order valence-corrected chi connectivity index (χ1v) is 8.65. The van der Waals surface area contributed by atoms with Crippen molar-refractivity contribution in [2.45, 2.75) is 70.4 Å². The molecule has 3 nitrogen and oxygen atoms in total. The van der Waals surface area contributed by atoms with Gasteiger partial charge in [-0.3, -0.25) is 0 Å². The molecule has 0 amide bonds. The summed E-state index contributed by atoms with van der Waals surface area (Å²) in [7, 11) is 0. The Morgan fingerprint density at radius 3 is 2.86 bits per heavy atom. The van der Waals surface area contributed by atoms with E-state index in [1.165, 1.54) is 44.1 Å². The third kappa shape index (κ3) is 3.19. The third-order valence-electron chi connectivity index (χ3n) is 5.37. The number of nitrogens with one attached hydrogen (secondary N) is 1. The lowest BCUT2D eigenvalue weighted by atomic mass is 9.78. The Labute approximate surface area is 128 Å². The van der Waals surface area contributed by atoms with Gasteiger partial charge in [-0.15, -0.1) is 0 Å². The van der Waals surface area contributed by atoms with E-state index in [1.54, 1.807) is 0 Å². The van der Waals surface area contributed by atoms with Gasteiger partial charge in [-0.25, -0.2) is 0 Å². The number of ether oxygens (including phenoxy) is 1. The molecule has 1 aliphatic heterocycles. The van der Waals surface area contributed by atoms with Crippen molar-refractivity contribution in [3.8, 4) is 0 Å². The monoisotopic (exact) mass is 291 g/mol. The molecule has 2 aliphatic rings. The fourth-order valence-electron chi connectivity index (χ4n) is 4.27. The van der Waals surface area contributed by atoms with Crippen molar-refractivity contribution in [1.82, 2.24) is 5.32 Å². The molecule has 1 saturated carbocycles. The minimum atomic E-state index is 0.187. The maximum Gasteiger partial charge on any atom is 0.105 e. The highest BCUT2D eigenvalue weighted by Crippen LogP contribution is 2.45. The molecule has 3 rings (SSSR count). The molecule has 0 aromatic carbocycles. The van der Waals surface area contributed by atoms with E-state index in [9.17, 15) is 0 Å². The molecule has 2 unspecified atom stereocenters. The van der Waals surface area contributed by atoms with Gasteiger partial charge in [0.15, 0.2) is 0 Å². The Balaban J connectivity index is 1.77. The Morgan fingerprint density at radius 2 is 2.19 bits per heavy atom. The summed E-state index contributed by atoms with van der Waals surface area (Å²) < 4.78 is 11.8. The zero-order valence-electron chi connectivity index (χ0n) is 13.5. The van der Waals surface area contributed by atoms with E-state index < -0.39 is 0 Å². The molecule has 2 atom stereocenters. The molecule has 1 saturated heterocycles. The van der Waals surface area contributed by atoms with Gasteiger partial charge in [0.1, 0.15) is 5.76 Å². The Kier molecular flexibility index (Phi) is 4.70. The predicted molar refractivity (Wildman–Crippen MR) is 84.4 cm³/mol. The maximum absolute atomic E-state index is 6.21. The molecule has 3 heteroatoms. The van der Waals surface area contributed by atoms with Gasteiger partial charge in [0.05, 0.1) is 11.9 Å². The van der Waals surface area contributed by atoms with E-state index in [0.717, 1.165) is 25.3 Å². The van der Waals surface area contributed by atoms with Crippen LogP contribution in [0.15, 0.2) is 16.7 Å². The molecular weight excluding hydrogens is 262 g/mol. The third-order valence-corrected chi connectivity index (χ3v) is 5.37. The van der Waals surface area contributed by atoms with Crippen LogP contribution in [0, 0.1) is 12.8 Å². The molecule has 2 fully saturated rings. The minimum absolute atomic E-state index is 0.187. The van der Waals surface area contributed by atoms with Crippen LogP contribution in [-0.2, 0) is 4.74 Å². The zero-order chi connectivity index (χ0) is 14.7. The molecule has 1 aromatic rings. The van der Waals surface area contributed by atoms with E-state index in [1.807, 2.05) is 6.26 Å². The van der Waals surface area contributed by atoms with Crippen molar-refractivity contribution in [2.24, 2.45) is 5.92 Å². The van der Waals surface area contributed by atoms with E-state index >= 15 is 0 Å². The SMILES string of the molecule is CCCNC(c1ccoc1C)C1CCOC2(CCCC2)C1. The molecule has 0 radical (unpaired) electrons. The molecule has 1 aromatic heterocycles. The summed E-state index contributed by atoms with van der Waals surface area (Å²) in [6.07, 6.45) is 10.6. The van der Waals surface area contributed by atoms with Gasteiger partial charge in [-0.1, -0.05) is 19.8 Å². The van der Waals surface area contributed by atoms with Crippen LogP contribution in [0.5, 0.6) is 0 Å². The van der Waals surface area contributed by atoms with Crippen molar-refractivity contribution >= 4 is 0 Å². The van der Waals surface area contributed by atoms with E-state index in [0.29, 0.717) is 12.0 Å². The summed E-state index contributed by atoms with van der Waals surface area (Å²) in [4.78, 5) is 0. The minimum Gasteiger partial charge on any atom is -0.469 e. The summed E-state index contributed by atoms with van der Waals surface area (Å²) >= 11 is 0. The highest BCUT2D eigenvalue weighted by atomic mass is 16.5. The predicted octanol–water partition coefficient (Wildman–Crippen LogP) is 4.37. The highest BCUT2D eigenvalue weighted by molar-refractivity contribution is 5.21. The first kappa shape index (κ1) is 15.1. The van der Waals surface area contributed by atoms with Gasteiger partial charge in [0.25, 0.3) is 0 Å². The summed E-state index contributed by atoms with van der Waals surface area (Å²) in [6.45, 7) is 6.31. The summed E-state index contributed by atoms with van der Waals surface area (Å²) in [5.74, 6) is 1.73. The Bertz CT molecular complexity index is 448. The largest absolute Gasteiger partial charge is 0.469 e. The average Bonchev–Trinajstić information content (AvgIpc) is 3.10.